The summed E-state index contributed by atoms with van der Waals surface area (Å²) in [6.07, 6.45) is 6.86. The Morgan fingerprint density at radius 3 is 0.721 bits per heavy atom. The van der Waals surface area contributed by atoms with Gasteiger partial charge in [0.1, 0.15) is 19.6 Å². The van der Waals surface area contributed by atoms with Crippen LogP contribution in [0.4, 0.5) is 0 Å². The molecule has 16 nitrogen and oxygen atoms in total. The molecule has 5 heterocycles. The zero-order valence-corrected chi connectivity index (χ0v) is 43.3. The molecule has 7 aromatic rings. The second kappa shape index (κ2) is 17.5. The molecule has 68 heavy (non-hydrogen) atoms. The van der Waals surface area contributed by atoms with E-state index in [-0.39, 0.29) is 37.5 Å². The maximum atomic E-state index is 12.3. The van der Waals surface area contributed by atoms with Crippen molar-refractivity contribution in [3.63, 3.8) is 0 Å². The van der Waals surface area contributed by atoms with E-state index in [4.69, 9.17) is 9.97 Å². The van der Waals surface area contributed by atoms with Gasteiger partial charge >= 0.3 is 0 Å². The van der Waals surface area contributed by atoms with E-state index >= 15 is 0 Å². The standard InChI is InChI=1S/C44H26Br4N4O12S4/c45-25-17-21(1-13-37(25)65(53,54)55)41-29-5-7-31(49-29)42(22-2-14-38(26(46)18-22)66(56,57)58)33-9-11-35(51-33)44(24-4-16-40(28(48)20-24)68(62,63)64)36-12-10-34(52-36)43(32-8-6-30(41)50-32)23-3-15-39(27(47)19-23)67(59,60)61/h1-20,49,52H,(H,53,54,55)(H,56,57,58)(H,59,60,61)(H,62,63,64). The number of halogens is 4. The van der Waals surface area contributed by atoms with Crippen molar-refractivity contribution < 1.29 is 51.9 Å². The average Bonchev–Trinajstić information content (AvgIpc) is 4.07. The average molecular weight is 1250 g/mol. The Balaban J connectivity index is 1.47. The summed E-state index contributed by atoms with van der Waals surface area (Å²) in [5, 5.41) is 0. The fourth-order valence-electron chi connectivity index (χ4n) is 7.88. The number of hydrogen-bond acceptors (Lipinski definition) is 10. The van der Waals surface area contributed by atoms with Gasteiger partial charge < -0.3 is 9.97 Å². The fourth-order valence-corrected chi connectivity index (χ4v) is 14.0. The lowest BCUT2D eigenvalue weighted by atomic mass is 10.0. The predicted molar refractivity (Wildman–Crippen MR) is 271 cm³/mol. The van der Waals surface area contributed by atoms with Gasteiger partial charge in [0, 0.05) is 62.2 Å². The van der Waals surface area contributed by atoms with E-state index in [2.05, 4.69) is 73.7 Å². The SMILES string of the molecule is O=S(=O)(O)c1ccc(-c2c3nc(c(-c4ccc(S(=O)(=O)O)c(Br)c4)c4ccc([nH]4)c(-c4ccc(S(=O)(=O)O)c(Br)c4)c4nc(c(-c5ccc(S(=O)(=O)O)c(Br)c5)c5ccc2[nH]5)C=C4)C=C3)cc1Br. The third kappa shape index (κ3) is 9.15. The van der Waals surface area contributed by atoms with Gasteiger partial charge in [-0.25, -0.2) is 9.97 Å². The van der Waals surface area contributed by atoms with Crippen LogP contribution in [0.3, 0.4) is 0 Å². The van der Waals surface area contributed by atoms with Gasteiger partial charge in [-0.3, -0.25) is 18.2 Å². The quantitative estimate of drug-likeness (QED) is 0.0772. The number of aromatic amines is 2. The lowest BCUT2D eigenvalue weighted by molar-refractivity contribution is 0.480. The van der Waals surface area contributed by atoms with Crippen molar-refractivity contribution in [2.45, 2.75) is 19.6 Å². The van der Waals surface area contributed by atoms with E-state index in [1.165, 1.54) is 72.8 Å². The number of aromatic nitrogens is 4. The maximum Gasteiger partial charge on any atom is 0.295 e. The van der Waals surface area contributed by atoms with Gasteiger partial charge in [0.15, 0.2) is 0 Å². The molecule has 0 atom stereocenters. The Morgan fingerprint density at radius 1 is 0.338 bits per heavy atom. The highest BCUT2D eigenvalue weighted by Gasteiger charge is 2.24. The molecular formula is C44H26Br4N4O12S4. The minimum atomic E-state index is -4.64. The van der Waals surface area contributed by atoms with Crippen LogP contribution in [0.5, 0.6) is 0 Å². The second-order valence-corrected chi connectivity index (χ2v) is 24.0. The van der Waals surface area contributed by atoms with Gasteiger partial charge in [-0.2, -0.15) is 33.7 Å². The Hall–Kier alpha value is -4.96. The van der Waals surface area contributed by atoms with Crippen LogP contribution in [-0.4, -0.2) is 71.8 Å². The van der Waals surface area contributed by atoms with Gasteiger partial charge in [-0.15, -0.1) is 0 Å². The third-order valence-electron chi connectivity index (χ3n) is 10.7. The molecular weight excluding hydrogens is 1220 g/mol. The van der Waals surface area contributed by atoms with Crippen LogP contribution >= 0.6 is 63.7 Å². The first-order chi connectivity index (χ1) is 31.9. The Bertz CT molecular complexity index is 3580. The van der Waals surface area contributed by atoms with E-state index in [1.54, 1.807) is 48.6 Å². The molecule has 3 aromatic heterocycles. The second-order valence-electron chi connectivity index (χ2n) is 15.0. The van der Waals surface area contributed by atoms with E-state index in [0.29, 0.717) is 89.4 Å². The molecule has 2 aliphatic heterocycles. The lowest BCUT2D eigenvalue weighted by Crippen LogP contribution is -1.99. The number of hydrogen-bond donors (Lipinski definition) is 6. The van der Waals surface area contributed by atoms with Crippen molar-refractivity contribution in [2.75, 3.05) is 0 Å². The summed E-state index contributed by atoms with van der Waals surface area (Å²) < 4.78 is 138. The van der Waals surface area contributed by atoms with Gasteiger partial charge in [0.2, 0.25) is 0 Å². The minimum absolute atomic E-state index is 0.0434. The van der Waals surface area contributed by atoms with E-state index in [0.717, 1.165) is 0 Å². The first-order valence-electron chi connectivity index (χ1n) is 19.1. The molecule has 9 rings (SSSR count). The van der Waals surface area contributed by atoms with Gasteiger partial charge in [-0.1, -0.05) is 24.3 Å². The van der Waals surface area contributed by atoms with Crippen molar-refractivity contribution in [1.82, 2.24) is 19.9 Å². The minimum Gasteiger partial charge on any atom is -0.354 e. The molecule has 2 aliphatic rings. The monoisotopic (exact) mass is 1250 g/mol. The van der Waals surface area contributed by atoms with E-state index in [9.17, 15) is 51.9 Å². The summed E-state index contributed by atoms with van der Waals surface area (Å²) >= 11 is 13.2. The highest BCUT2D eigenvalue weighted by atomic mass is 79.9. The first kappa shape index (κ1) is 48.1. The third-order valence-corrected chi connectivity index (χ3v) is 18.1. The predicted octanol–water partition coefficient (Wildman–Crippen LogP) is 11.4. The molecule has 24 heteroatoms. The molecule has 0 spiro atoms. The molecule has 0 unspecified atom stereocenters. The highest BCUT2D eigenvalue weighted by Crippen LogP contribution is 2.42. The normalized spacial score (nSPS) is 13.1. The number of nitrogens with zero attached hydrogens (tertiary/aromatic N) is 2. The van der Waals surface area contributed by atoms with Crippen molar-refractivity contribution in [3.8, 4) is 44.5 Å². The van der Waals surface area contributed by atoms with Crippen LogP contribution in [0.15, 0.2) is 135 Å². The molecule has 0 saturated carbocycles. The van der Waals surface area contributed by atoms with Crippen molar-refractivity contribution in [2.24, 2.45) is 0 Å². The van der Waals surface area contributed by atoms with Gasteiger partial charge in [-0.05, 0) is 183 Å². The molecule has 4 aromatic carbocycles. The Kier molecular flexibility index (Phi) is 12.3. The maximum absolute atomic E-state index is 12.3. The van der Waals surface area contributed by atoms with E-state index in [1.807, 2.05) is 0 Å². The van der Waals surface area contributed by atoms with Crippen LogP contribution in [0.2, 0.25) is 0 Å². The molecule has 0 fully saturated rings. The van der Waals surface area contributed by atoms with Crippen LogP contribution < -0.4 is 0 Å². The first-order valence-corrected chi connectivity index (χ1v) is 28.1. The van der Waals surface area contributed by atoms with Crippen LogP contribution in [0.25, 0.3) is 90.9 Å². The summed E-state index contributed by atoms with van der Waals surface area (Å²) in [6.45, 7) is 0. The number of fused-ring (bicyclic) bond motifs is 8. The lowest BCUT2D eigenvalue weighted by Gasteiger charge is -2.10. The van der Waals surface area contributed by atoms with Crippen LogP contribution in [0, 0.1) is 0 Å². The largest absolute Gasteiger partial charge is 0.354 e. The number of H-pyrrole nitrogens is 2. The highest BCUT2D eigenvalue weighted by molar-refractivity contribution is 9.11. The number of rotatable bonds is 8. The molecule has 6 N–H and O–H groups in total. The van der Waals surface area contributed by atoms with Crippen molar-refractivity contribution >= 4 is 151 Å². The summed E-state index contributed by atoms with van der Waals surface area (Å²) in [4.78, 5) is 15.5. The zero-order chi connectivity index (χ0) is 48.8. The Morgan fingerprint density at radius 2 is 0.544 bits per heavy atom. The number of benzene rings is 4. The molecule has 8 bridgehead atoms. The summed E-state index contributed by atoms with van der Waals surface area (Å²) in [5.74, 6) is 0. The van der Waals surface area contributed by atoms with Crippen LogP contribution in [-0.2, 0) is 40.5 Å². The fraction of sp³-hybridized carbons (Fsp3) is 0. The van der Waals surface area contributed by atoms with Crippen LogP contribution in [0.1, 0.15) is 22.8 Å². The van der Waals surface area contributed by atoms with E-state index < -0.39 is 40.5 Å². The van der Waals surface area contributed by atoms with Gasteiger partial charge in [0.05, 0.1) is 22.8 Å². The number of nitrogens with one attached hydrogen (secondary N) is 2. The molecule has 0 amide bonds. The molecule has 0 saturated heterocycles. The van der Waals surface area contributed by atoms with Crippen molar-refractivity contribution in [1.29, 1.82) is 0 Å². The topological polar surface area (TPSA) is 275 Å². The zero-order valence-electron chi connectivity index (χ0n) is 33.6. The Labute approximate surface area is 420 Å². The van der Waals surface area contributed by atoms with Crippen molar-refractivity contribution in [3.05, 3.63) is 138 Å². The molecule has 346 valence electrons. The van der Waals surface area contributed by atoms with Gasteiger partial charge in [0.25, 0.3) is 40.5 Å². The molecule has 0 aliphatic carbocycles. The smallest absolute Gasteiger partial charge is 0.295 e. The summed E-state index contributed by atoms with van der Waals surface area (Å²) in [5.41, 5.74) is 6.74. The molecule has 0 radical (unpaired) electrons. The summed E-state index contributed by atoms with van der Waals surface area (Å²) in [7, 11) is -18.6. The summed E-state index contributed by atoms with van der Waals surface area (Å²) in [6, 6.07) is 23.8.